The predicted molar refractivity (Wildman–Crippen MR) is 80.5 cm³/mol. The highest BCUT2D eigenvalue weighted by molar-refractivity contribution is 7.09. The first-order valence-corrected chi connectivity index (χ1v) is 7.41. The summed E-state index contributed by atoms with van der Waals surface area (Å²) in [6.07, 6.45) is 0. The quantitative estimate of drug-likeness (QED) is 0.890. The van der Waals surface area contributed by atoms with Gasteiger partial charge in [-0.3, -0.25) is 4.79 Å². The molecule has 5 nitrogen and oxygen atoms in total. The van der Waals surface area contributed by atoms with Crippen LogP contribution in [0.2, 0.25) is 0 Å². The second kappa shape index (κ2) is 6.49. The fourth-order valence-corrected chi connectivity index (χ4v) is 2.61. The zero-order valence-corrected chi connectivity index (χ0v) is 12.6. The van der Waals surface area contributed by atoms with Crippen molar-refractivity contribution < 1.29 is 14.7 Å². The number of amides is 1. The number of hydrogen-bond donors (Lipinski definition) is 2. The summed E-state index contributed by atoms with van der Waals surface area (Å²) >= 11 is 1.40. The van der Waals surface area contributed by atoms with Crippen LogP contribution in [0.3, 0.4) is 0 Å². The van der Waals surface area contributed by atoms with Gasteiger partial charge in [0, 0.05) is 11.3 Å². The normalized spacial score (nSPS) is 12.1. The molecule has 0 radical (unpaired) electrons. The number of thiazole rings is 1. The van der Waals surface area contributed by atoms with Crippen molar-refractivity contribution in [1.29, 1.82) is 0 Å². The number of carbonyl (C=O) groups is 2. The van der Waals surface area contributed by atoms with Crippen LogP contribution in [0.25, 0.3) is 0 Å². The van der Waals surface area contributed by atoms with Gasteiger partial charge in [-0.2, -0.15) is 0 Å². The van der Waals surface area contributed by atoms with Crippen LogP contribution in [0.1, 0.15) is 46.9 Å². The summed E-state index contributed by atoms with van der Waals surface area (Å²) in [4.78, 5) is 27.7. The average Bonchev–Trinajstić information content (AvgIpc) is 2.95. The van der Waals surface area contributed by atoms with E-state index in [1.165, 1.54) is 11.3 Å². The number of carboxylic acids is 1. The van der Waals surface area contributed by atoms with Crippen LogP contribution in [-0.2, 0) is 4.79 Å². The van der Waals surface area contributed by atoms with E-state index in [-0.39, 0.29) is 11.6 Å². The van der Waals surface area contributed by atoms with Gasteiger partial charge in [0.25, 0.3) is 5.91 Å². The Hall–Kier alpha value is -2.21. The molecule has 1 aromatic carbocycles. The van der Waals surface area contributed by atoms with Crippen LogP contribution < -0.4 is 5.32 Å². The fraction of sp³-hybridized carbons (Fsp3) is 0.267. The van der Waals surface area contributed by atoms with Crippen molar-refractivity contribution in [1.82, 2.24) is 10.3 Å². The first kappa shape index (κ1) is 15.2. The van der Waals surface area contributed by atoms with E-state index in [0.29, 0.717) is 5.56 Å². The van der Waals surface area contributed by atoms with Crippen LogP contribution >= 0.6 is 11.3 Å². The van der Waals surface area contributed by atoms with Crippen LogP contribution in [0.5, 0.6) is 0 Å². The first-order chi connectivity index (χ1) is 9.99. The van der Waals surface area contributed by atoms with Crippen molar-refractivity contribution in [3.05, 3.63) is 52.0 Å². The van der Waals surface area contributed by atoms with Crippen molar-refractivity contribution in [3.63, 3.8) is 0 Å². The molecule has 0 saturated heterocycles. The summed E-state index contributed by atoms with van der Waals surface area (Å²) in [6.45, 7) is 3.98. The minimum Gasteiger partial charge on any atom is -0.479 e. The molecule has 0 aliphatic carbocycles. The van der Waals surface area contributed by atoms with Gasteiger partial charge in [0.05, 0.1) is 5.01 Å². The van der Waals surface area contributed by atoms with Crippen molar-refractivity contribution in [2.24, 2.45) is 0 Å². The van der Waals surface area contributed by atoms with Gasteiger partial charge in [0.15, 0.2) is 6.04 Å². The molecule has 6 heteroatoms. The van der Waals surface area contributed by atoms with E-state index in [2.05, 4.69) is 10.3 Å². The van der Waals surface area contributed by atoms with Gasteiger partial charge in [0.2, 0.25) is 0 Å². The fourth-order valence-electron chi connectivity index (χ4n) is 1.80. The Balaban J connectivity index is 2.17. The number of benzene rings is 1. The van der Waals surface area contributed by atoms with Gasteiger partial charge < -0.3 is 10.4 Å². The lowest BCUT2D eigenvalue weighted by molar-refractivity contribution is -0.139. The van der Waals surface area contributed by atoms with E-state index in [0.717, 1.165) is 5.01 Å². The van der Waals surface area contributed by atoms with Crippen LogP contribution in [0.15, 0.2) is 35.7 Å². The summed E-state index contributed by atoms with van der Waals surface area (Å²) in [5.74, 6) is -1.34. The largest absolute Gasteiger partial charge is 0.479 e. The molecule has 1 amide bonds. The van der Waals surface area contributed by atoms with E-state index < -0.39 is 17.9 Å². The molecule has 1 aromatic heterocycles. The maximum atomic E-state index is 12.1. The lowest BCUT2D eigenvalue weighted by Crippen LogP contribution is -2.33. The second-order valence-electron chi connectivity index (χ2n) is 4.88. The molecule has 2 rings (SSSR count). The zero-order chi connectivity index (χ0) is 15.4. The molecule has 0 fully saturated rings. The molecular weight excluding hydrogens is 288 g/mol. The first-order valence-electron chi connectivity index (χ1n) is 6.53. The summed E-state index contributed by atoms with van der Waals surface area (Å²) in [5.41, 5.74) is 0.781. The van der Waals surface area contributed by atoms with E-state index in [1.54, 1.807) is 35.7 Å². The lowest BCUT2D eigenvalue weighted by atomic mass is 10.1. The van der Waals surface area contributed by atoms with E-state index in [4.69, 9.17) is 0 Å². The molecule has 110 valence electrons. The lowest BCUT2D eigenvalue weighted by Gasteiger charge is -2.13. The predicted octanol–water partition coefficient (Wildman–Crippen LogP) is 2.82. The van der Waals surface area contributed by atoms with Gasteiger partial charge in [-0.25, -0.2) is 9.78 Å². The second-order valence-corrected chi connectivity index (χ2v) is 5.77. The molecule has 0 aliphatic heterocycles. The number of carbonyl (C=O) groups excluding carboxylic acids is 1. The molecule has 0 aliphatic rings. The van der Waals surface area contributed by atoms with Crippen LogP contribution in [0, 0.1) is 0 Å². The van der Waals surface area contributed by atoms with Crippen molar-refractivity contribution in [2.45, 2.75) is 25.8 Å². The Morgan fingerprint density at radius 2 is 1.90 bits per heavy atom. The highest BCUT2D eigenvalue weighted by atomic mass is 32.1. The third kappa shape index (κ3) is 3.66. The summed E-state index contributed by atoms with van der Waals surface area (Å²) in [7, 11) is 0. The zero-order valence-electron chi connectivity index (χ0n) is 11.7. The molecule has 0 unspecified atom stereocenters. The van der Waals surface area contributed by atoms with Crippen LogP contribution in [0.4, 0.5) is 0 Å². The van der Waals surface area contributed by atoms with E-state index >= 15 is 0 Å². The Morgan fingerprint density at radius 1 is 1.24 bits per heavy atom. The molecular formula is C15H16N2O3S. The third-order valence-corrected chi connectivity index (χ3v) is 4.05. The number of rotatable bonds is 5. The molecule has 0 saturated carbocycles. The number of aliphatic carboxylic acids is 1. The third-order valence-electron chi connectivity index (χ3n) is 2.90. The van der Waals surface area contributed by atoms with Crippen molar-refractivity contribution >= 4 is 23.2 Å². The molecule has 2 aromatic rings. The van der Waals surface area contributed by atoms with Gasteiger partial charge in [0.1, 0.15) is 5.69 Å². The van der Waals surface area contributed by atoms with Crippen molar-refractivity contribution in [2.75, 3.05) is 0 Å². The number of hydrogen-bond acceptors (Lipinski definition) is 4. The van der Waals surface area contributed by atoms with Gasteiger partial charge in [-0.05, 0) is 5.56 Å². The molecule has 0 spiro atoms. The number of carboxylic acid groups (broad SMARTS) is 1. The Morgan fingerprint density at radius 3 is 2.43 bits per heavy atom. The van der Waals surface area contributed by atoms with E-state index in [9.17, 15) is 14.7 Å². The summed E-state index contributed by atoms with van der Waals surface area (Å²) in [5, 5.41) is 14.3. The molecule has 2 N–H and O–H groups in total. The highest BCUT2D eigenvalue weighted by Crippen LogP contribution is 2.20. The molecule has 1 atom stereocenters. The average molecular weight is 304 g/mol. The Bertz CT molecular complexity index is 637. The number of nitrogens with one attached hydrogen (secondary N) is 1. The Labute approximate surface area is 126 Å². The van der Waals surface area contributed by atoms with Crippen LogP contribution in [-0.4, -0.2) is 22.0 Å². The smallest absolute Gasteiger partial charge is 0.330 e. The standard InChI is InChI=1S/C15H16N2O3S/c1-9(2)14-16-11(8-21-14)13(18)17-12(15(19)20)10-6-4-3-5-7-10/h3-9,12H,1-2H3,(H,17,18)(H,19,20)/t12-/m1/s1. The maximum Gasteiger partial charge on any atom is 0.330 e. The minimum absolute atomic E-state index is 0.237. The molecule has 1 heterocycles. The Kier molecular flexibility index (Phi) is 4.70. The van der Waals surface area contributed by atoms with Gasteiger partial charge >= 0.3 is 5.97 Å². The number of aromatic nitrogens is 1. The van der Waals surface area contributed by atoms with Gasteiger partial charge in [-0.1, -0.05) is 44.2 Å². The highest BCUT2D eigenvalue weighted by Gasteiger charge is 2.23. The topological polar surface area (TPSA) is 79.3 Å². The van der Waals surface area contributed by atoms with Crippen molar-refractivity contribution in [3.8, 4) is 0 Å². The summed E-state index contributed by atoms with van der Waals surface area (Å²) in [6, 6.07) is 7.51. The monoisotopic (exact) mass is 304 g/mol. The number of nitrogens with zero attached hydrogens (tertiary/aromatic N) is 1. The molecule has 21 heavy (non-hydrogen) atoms. The van der Waals surface area contributed by atoms with E-state index in [1.807, 2.05) is 13.8 Å². The molecule has 0 bridgehead atoms. The maximum absolute atomic E-state index is 12.1. The van der Waals surface area contributed by atoms with Gasteiger partial charge in [-0.15, -0.1) is 11.3 Å². The summed E-state index contributed by atoms with van der Waals surface area (Å²) < 4.78 is 0. The SMILES string of the molecule is CC(C)c1nc(C(=O)N[C@@H](C(=O)O)c2ccccc2)cs1. The minimum atomic E-state index is -1.10.